The Labute approximate surface area is 150 Å². The van der Waals surface area contributed by atoms with Crippen molar-refractivity contribution in [3.63, 3.8) is 0 Å². The van der Waals surface area contributed by atoms with Crippen LogP contribution < -0.4 is 10.1 Å². The summed E-state index contributed by atoms with van der Waals surface area (Å²) in [5, 5.41) is 12.7. The molecule has 0 saturated carbocycles. The summed E-state index contributed by atoms with van der Waals surface area (Å²) in [6, 6.07) is 13.2. The molecule has 1 heterocycles. The second kappa shape index (κ2) is 7.31. The fourth-order valence-corrected chi connectivity index (χ4v) is 2.76. The van der Waals surface area contributed by atoms with E-state index in [0.717, 1.165) is 11.1 Å². The molecule has 26 heavy (non-hydrogen) atoms. The van der Waals surface area contributed by atoms with E-state index in [-0.39, 0.29) is 12.2 Å². The molecule has 2 aromatic carbocycles. The van der Waals surface area contributed by atoms with Crippen molar-refractivity contribution in [3.8, 4) is 5.75 Å². The van der Waals surface area contributed by atoms with E-state index in [2.05, 4.69) is 5.32 Å². The number of carbonyl (C=O) groups is 2. The molecule has 0 saturated heterocycles. The number of methoxy groups -OCH3 is 1. The maximum absolute atomic E-state index is 12.4. The molecule has 0 radical (unpaired) electrons. The van der Waals surface area contributed by atoms with Gasteiger partial charge in [0.15, 0.2) is 5.76 Å². The van der Waals surface area contributed by atoms with Crippen LogP contribution >= 0.6 is 0 Å². The molecule has 3 rings (SSSR count). The van der Waals surface area contributed by atoms with Gasteiger partial charge in [0.2, 0.25) is 0 Å². The number of carbonyl (C=O) groups excluding carboxylic acids is 1. The van der Waals surface area contributed by atoms with Crippen molar-refractivity contribution in [2.45, 2.75) is 19.4 Å². The average Bonchev–Trinajstić information content (AvgIpc) is 3.04. The number of furan rings is 1. The van der Waals surface area contributed by atoms with Crippen molar-refractivity contribution >= 4 is 22.8 Å². The number of amides is 1. The molecule has 0 aliphatic carbocycles. The van der Waals surface area contributed by atoms with Gasteiger partial charge in [-0.25, -0.2) is 4.79 Å². The minimum Gasteiger partial charge on any atom is -0.497 e. The van der Waals surface area contributed by atoms with E-state index in [4.69, 9.17) is 9.15 Å². The maximum Gasteiger partial charge on any atom is 0.326 e. The van der Waals surface area contributed by atoms with Crippen LogP contribution in [0.15, 0.2) is 52.9 Å². The van der Waals surface area contributed by atoms with Crippen LogP contribution in [0.5, 0.6) is 5.75 Å². The van der Waals surface area contributed by atoms with Crippen LogP contribution in [-0.4, -0.2) is 30.1 Å². The molecule has 0 spiro atoms. The molecular formula is C20H19NO5. The summed E-state index contributed by atoms with van der Waals surface area (Å²) >= 11 is 0. The van der Waals surface area contributed by atoms with E-state index >= 15 is 0 Å². The summed E-state index contributed by atoms with van der Waals surface area (Å²) < 4.78 is 10.7. The molecule has 2 N–H and O–H groups in total. The van der Waals surface area contributed by atoms with Crippen molar-refractivity contribution in [1.82, 2.24) is 5.32 Å². The third-order valence-corrected chi connectivity index (χ3v) is 4.07. The first-order chi connectivity index (χ1) is 12.5. The molecular weight excluding hydrogens is 334 g/mol. The molecule has 0 aliphatic rings. The van der Waals surface area contributed by atoms with Gasteiger partial charge in [-0.05, 0) is 36.8 Å². The number of nitrogens with one attached hydrogen (secondary N) is 1. The third kappa shape index (κ3) is 3.85. The molecule has 1 aromatic heterocycles. The normalized spacial score (nSPS) is 11.9. The first kappa shape index (κ1) is 17.5. The van der Waals surface area contributed by atoms with Crippen LogP contribution in [0.2, 0.25) is 0 Å². The quantitative estimate of drug-likeness (QED) is 0.710. The van der Waals surface area contributed by atoms with Gasteiger partial charge in [0, 0.05) is 11.8 Å². The van der Waals surface area contributed by atoms with E-state index in [1.807, 2.05) is 31.2 Å². The largest absolute Gasteiger partial charge is 0.497 e. The number of rotatable bonds is 6. The molecule has 0 bridgehead atoms. The van der Waals surface area contributed by atoms with E-state index in [9.17, 15) is 14.7 Å². The monoisotopic (exact) mass is 353 g/mol. The average molecular weight is 353 g/mol. The molecule has 6 nitrogen and oxygen atoms in total. The first-order valence-corrected chi connectivity index (χ1v) is 8.13. The first-order valence-electron chi connectivity index (χ1n) is 8.13. The third-order valence-electron chi connectivity index (χ3n) is 4.07. The van der Waals surface area contributed by atoms with Gasteiger partial charge in [-0.2, -0.15) is 0 Å². The van der Waals surface area contributed by atoms with Crippen molar-refractivity contribution in [1.29, 1.82) is 0 Å². The second-order valence-electron chi connectivity index (χ2n) is 6.07. The lowest BCUT2D eigenvalue weighted by Crippen LogP contribution is -2.42. The van der Waals surface area contributed by atoms with Crippen LogP contribution in [-0.2, 0) is 11.2 Å². The summed E-state index contributed by atoms with van der Waals surface area (Å²) in [5.74, 6) is -0.963. The van der Waals surface area contributed by atoms with Gasteiger partial charge >= 0.3 is 5.97 Å². The number of aliphatic carboxylic acids is 1. The number of carboxylic acids is 1. The topological polar surface area (TPSA) is 88.8 Å². The highest BCUT2D eigenvalue weighted by atomic mass is 16.5. The Morgan fingerprint density at radius 1 is 1.19 bits per heavy atom. The van der Waals surface area contributed by atoms with Gasteiger partial charge in [-0.3, -0.25) is 4.79 Å². The fraction of sp³-hybridized carbons (Fsp3) is 0.200. The maximum atomic E-state index is 12.4. The predicted octanol–water partition coefficient (Wildman–Crippen LogP) is 3.18. The lowest BCUT2D eigenvalue weighted by atomic mass is 10.0. The minimum absolute atomic E-state index is 0.0590. The van der Waals surface area contributed by atoms with Gasteiger partial charge in [-0.1, -0.05) is 29.8 Å². The summed E-state index contributed by atoms with van der Waals surface area (Å²) in [6.45, 7) is 1.93. The number of fused-ring (bicyclic) bond motifs is 1. The van der Waals surface area contributed by atoms with Crippen molar-refractivity contribution < 1.29 is 23.8 Å². The minimum atomic E-state index is -1.10. The molecule has 1 atom stereocenters. The Bertz CT molecular complexity index is 960. The van der Waals surface area contributed by atoms with E-state index in [1.54, 1.807) is 31.4 Å². The zero-order valence-corrected chi connectivity index (χ0v) is 14.5. The number of ether oxygens (including phenoxy) is 1. The Hall–Kier alpha value is -3.28. The van der Waals surface area contributed by atoms with Gasteiger partial charge in [0.25, 0.3) is 5.91 Å². The highest BCUT2D eigenvalue weighted by Crippen LogP contribution is 2.24. The molecule has 134 valence electrons. The summed E-state index contributed by atoms with van der Waals surface area (Å²) in [7, 11) is 1.55. The van der Waals surface area contributed by atoms with Crippen molar-refractivity contribution in [2.24, 2.45) is 0 Å². The number of benzene rings is 2. The van der Waals surface area contributed by atoms with Crippen LogP contribution in [0.1, 0.15) is 21.7 Å². The summed E-state index contributed by atoms with van der Waals surface area (Å²) in [5.41, 5.74) is 2.40. The Balaban J connectivity index is 1.78. The fourth-order valence-electron chi connectivity index (χ4n) is 2.76. The second-order valence-corrected chi connectivity index (χ2v) is 6.07. The summed E-state index contributed by atoms with van der Waals surface area (Å²) in [4.78, 5) is 24.0. The van der Waals surface area contributed by atoms with Crippen LogP contribution in [0.3, 0.4) is 0 Å². The zero-order chi connectivity index (χ0) is 18.7. The molecule has 1 amide bonds. The zero-order valence-electron chi connectivity index (χ0n) is 14.5. The van der Waals surface area contributed by atoms with E-state index in [0.29, 0.717) is 16.7 Å². The lowest BCUT2D eigenvalue weighted by Gasteiger charge is -2.14. The van der Waals surface area contributed by atoms with Gasteiger partial charge in [-0.15, -0.1) is 0 Å². The molecule has 1 unspecified atom stereocenters. The number of carboxylic acid groups (broad SMARTS) is 1. The standard InChI is InChI=1S/C20H19NO5/c1-12-4-3-5-13(8-12)9-16(20(23)24)21-19(22)18-11-14-10-15(25-2)6-7-17(14)26-18/h3-8,10-11,16H,9H2,1-2H3,(H,21,22)(H,23,24). The highest BCUT2D eigenvalue weighted by molar-refractivity contribution is 5.98. The number of hydrogen-bond acceptors (Lipinski definition) is 4. The number of hydrogen-bond donors (Lipinski definition) is 2. The van der Waals surface area contributed by atoms with Crippen LogP contribution in [0.4, 0.5) is 0 Å². The van der Waals surface area contributed by atoms with Crippen LogP contribution in [0.25, 0.3) is 11.0 Å². The van der Waals surface area contributed by atoms with Gasteiger partial charge < -0.3 is 19.6 Å². The Morgan fingerprint density at radius 2 is 2.00 bits per heavy atom. The van der Waals surface area contributed by atoms with Gasteiger partial charge in [0.1, 0.15) is 17.4 Å². The predicted molar refractivity (Wildman–Crippen MR) is 96.5 cm³/mol. The highest BCUT2D eigenvalue weighted by Gasteiger charge is 2.23. The molecule has 3 aromatic rings. The summed E-state index contributed by atoms with van der Waals surface area (Å²) in [6.07, 6.45) is 0.191. The van der Waals surface area contributed by atoms with E-state index in [1.165, 1.54) is 0 Å². The van der Waals surface area contributed by atoms with Crippen molar-refractivity contribution in [3.05, 3.63) is 65.4 Å². The Morgan fingerprint density at radius 3 is 2.69 bits per heavy atom. The smallest absolute Gasteiger partial charge is 0.326 e. The van der Waals surface area contributed by atoms with Crippen molar-refractivity contribution in [2.75, 3.05) is 7.11 Å². The van der Waals surface area contributed by atoms with Crippen LogP contribution in [0, 0.1) is 6.92 Å². The number of aryl methyl sites for hydroxylation is 1. The molecule has 0 fully saturated rings. The lowest BCUT2D eigenvalue weighted by molar-refractivity contribution is -0.139. The molecule has 0 aliphatic heterocycles. The SMILES string of the molecule is COc1ccc2oc(C(=O)NC(Cc3cccc(C)c3)C(=O)O)cc2c1. The molecule has 6 heteroatoms. The Kier molecular flexibility index (Phi) is 4.93. The van der Waals surface area contributed by atoms with E-state index < -0.39 is 17.9 Å². The van der Waals surface area contributed by atoms with Gasteiger partial charge in [0.05, 0.1) is 7.11 Å².